The van der Waals surface area contributed by atoms with E-state index in [1.165, 1.54) is 0 Å². The maximum Gasteiger partial charge on any atom is 0.220 e. The van der Waals surface area contributed by atoms with Crippen molar-refractivity contribution < 1.29 is 14.3 Å². The number of nitrogens with one attached hydrogen (secondary N) is 1. The van der Waals surface area contributed by atoms with Crippen LogP contribution in [0.2, 0.25) is 0 Å². The van der Waals surface area contributed by atoms with Crippen LogP contribution in [0.5, 0.6) is 5.75 Å². The van der Waals surface area contributed by atoms with Crippen LogP contribution < -0.4 is 20.7 Å². The summed E-state index contributed by atoms with van der Waals surface area (Å²) in [6, 6.07) is 18.2. The number of nitrogens with two attached hydrogens (primary N) is 1. The monoisotopic (exact) mass is 467 g/mol. The average Bonchev–Trinajstić information content (AvgIpc) is 2.79. The number of para-hydroxylation sites is 2. The molecule has 0 spiro atoms. The van der Waals surface area contributed by atoms with Crippen LogP contribution in [0, 0.1) is 11.8 Å². The van der Waals surface area contributed by atoms with Crippen molar-refractivity contribution in [3.05, 3.63) is 60.2 Å². The highest BCUT2D eigenvalue weighted by molar-refractivity contribution is 5.79. The molecule has 0 fully saturated rings. The lowest BCUT2D eigenvalue weighted by Gasteiger charge is -2.36. The van der Waals surface area contributed by atoms with Gasteiger partial charge in [0.1, 0.15) is 12.4 Å². The molecule has 2 rings (SSSR count). The highest BCUT2D eigenvalue weighted by Crippen LogP contribution is 2.30. The number of hydrogen-bond acceptors (Lipinski definition) is 4. The predicted molar refractivity (Wildman–Crippen MR) is 139 cm³/mol. The van der Waals surface area contributed by atoms with E-state index in [4.69, 9.17) is 10.5 Å². The van der Waals surface area contributed by atoms with Gasteiger partial charge in [-0.25, -0.2) is 0 Å². The molecule has 0 aliphatic heterocycles. The number of carbonyl (C=O) groups is 2. The number of rotatable bonds is 14. The molecule has 0 aromatic heterocycles. The van der Waals surface area contributed by atoms with Crippen LogP contribution in [0.15, 0.2) is 54.6 Å². The second-order valence-electron chi connectivity index (χ2n) is 10.1. The Balaban J connectivity index is 2.13. The molecule has 6 nitrogen and oxygen atoms in total. The molecule has 0 aliphatic rings. The van der Waals surface area contributed by atoms with Gasteiger partial charge in [-0.2, -0.15) is 0 Å². The van der Waals surface area contributed by atoms with E-state index in [1.54, 1.807) is 6.92 Å². The lowest BCUT2D eigenvalue weighted by atomic mass is 10.0. The summed E-state index contributed by atoms with van der Waals surface area (Å²) in [6.45, 7) is 12.2. The Labute approximate surface area is 204 Å². The second-order valence-corrected chi connectivity index (χ2v) is 10.1. The molecule has 0 saturated carbocycles. The van der Waals surface area contributed by atoms with Crippen LogP contribution in [0.1, 0.15) is 59.4 Å². The molecule has 6 heteroatoms. The van der Waals surface area contributed by atoms with Crippen LogP contribution in [0.4, 0.5) is 5.69 Å². The predicted octanol–water partition coefficient (Wildman–Crippen LogP) is 4.91. The molecular weight excluding hydrogens is 426 g/mol. The number of primary amides is 1. The Kier molecular flexibility index (Phi) is 10.4. The van der Waals surface area contributed by atoms with Crippen molar-refractivity contribution in [2.45, 2.75) is 66.0 Å². The Morgan fingerprint density at radius 3 is 2.29 bits per heavy atom. The molecule has 1 atom stereocenters. The molecule has 2 amide bonds. The van der Waals surface area contributed by atoms with Crippen molar-refractivity contribution in [3.63, 3.8) is 0 Å². The fraction of sp³-hybridized carbons (Fsp3) is 0.500. The molecule has 2 aromatic carbocycles. The third kappa shape index (κ3) is 9.46. The summed E-state index contributed by atoms with van der Waals surface area (Å²) >= 11 is 0. The molecular formula is C28H41N3O3. The number of benzene rings is 2. The van der Waals surface area contributed by atoms with Gasteiger partial charge >= 0.3 is 0 Å². The van der Waals surface area contributed by atoms with Crippen LogP contribution >= 0.6 is 0 Å². The van der Waals surface area contributed by atoms with E-state index in [1.807, 2.05) is 50.2 Å². The zero-order valence-corrected chi connectivity index (χ0v) is 21.3. The summed E-state index contributed by atoms with van der Waals surface area (Å²) < 4.78 is 6.22. The second kappa shape index (κ2) is 13.0. The summed E-state index contributed by atoms with van der Waals surface area (Å²) in [5.41, 5.74) is 6.98. The number of ether oxygens (including phenoxy) is 1. The summed E-state index contributed by atoms with van der Waals surface area (Å²) in [6.07, 6.45) is 1.74. The topological polar surface area (TPSA) is 84.7 Å². The summed E-state index contributed by atoms with van der Waals surface area (Å²) in [7, 11) is 0. The third-order valence-electron chi connectivity index (χ3n) is 5.77. The van der Waals surface area contributed by atoms with E-state index in [2.05, 4.69) is 42.3 Å². The van der Waals surface area contributed by atoms with Gasteiger partial charge < -0.3 is 20.7 Å². The number of hydrogen-bond donors (Lipinski definition) is 2. The van der Waals surface area contributed by atoms with E-state index >= 15 is 0 Å². The highest BCUT2D eigenvalue weighted by Gasteiger charge is 2.26. The third-order valence-corrected chi connectivity index (χ3v) is 5.77. The van der Waals surface area contributed by atoms with Gasteiger partial charge in [-0.3, -0.25) is 9.59 Å². The maximum atomic E-state index is 12.6. The van der Waals surface area contributed by atoms with E-state index in [0.717, 1.165) is 30.0 Å². The van der Waals surface area contributed by atoms with Crippen LogP contribution in [0.25, 0.3) is 0 Å². The van der Waals surface area contributed by atoms with Crippen molar-refractivity contribution in [2.75, 3.05) is 18.0 Å². The lowest BCUT2D eigenvalue weighted by Crippen LogP contribution is -2.52. The molecule has 0 saturated heterocycles. The first-order valence-corrected chi connectivity index (χ1v) is 12.2. The molecule has 186 valence electrons. The quantitative estimate of drug-likeness (QED) is 0.413. The minimum absolute atomic E-state index is 0.0736. The molecule has 0 radical (unpaired) electrons. The smallest absolute Gasteiger partial charge is 0.220 e. The first-order chi connectivity index (χ1) is 16.1. The van der Waals surface area contributed by atoms with Gasteiger partial charge in [0.15, 0.2) is 0 Å². The Bertz CT molecular complexity index is 912. The average molecular weight is 468 g/mol. The first-order valence-electron chi connectivity index (χ1n) is 12.2. The van der Waals surface area contributed by atoms with Gasteiger partial charge in [0, 0.05) is 25.4 Å². The minimum Gasteiger partial charge on any atom is -0.487 e. The zero-order valence-electron chi connectivity index (χ0n) is 21.3. The lowest BCUT2D eigenvalue weighted by molar-refractivity contribution is -0.124. The molecule has 34 heavy (non-hydrogen) atoms. The number of nitrogens with zero attached hydrogens (tertiary/aromatic N) is 1. The Morgan fingerprint density at radius 1 is 1.00 bits per heavy atom. The molecule has 0 aliphatic carbocycles. The SMILES string of the molecule is CC(C)CCN(CC(C)(C)NC(=O)CCC(C)C(N)=O)c1ccccc1OCc1ccccc1. The Hall–Kier alpha value is -3.02. The fourth-order valence-electron chi connectivity index (χ4n) is 3.72. The highest BCUT2D eigenvalue weighted by atomic mass is 16.5. The van der Waals surface area contributed by atoms with E-state index in [9.17, 15) is 9.59 Å². The number of anilines is 1. The largest absolute Gasteiger partial charge is 0.487 e. The Morgan fingerprint density at radius 2 is 1.65 bits per heavy atom. The molecule has 0 bridgehead atoms. The van der Waals surface area contributed by atoms with Gasteiger partial charge in [0.2, 0.25) is 11.8 Å². The maximum absolute atomic E-state index is 12.6. The van der Waals surface area contributed by atoms with Gasteiger partial charge in [-0.05, 0) is 50.3 Å². The molecule has 0 heterocycles. The van der Waals surface area contributed by atoms with Crippen LogP contribution in [-0.4, -0.2) is 30.4 Å². The number of amides is 2. The van der Waals surface area contributed by atoms with Crippen molar-refractivity contribution in [3.8, 4) is 5.75 Å². The van der Waals surface area contributed by atoms with Crippen molar-refractivity contribution >= 4 is 17.5 Å². The van der Waals surface area contributed by atoms with E-state index < -0.39 is 5.54 Å². The van der Waals surface area contributed by atoms with Gasteiger partial charge in [-0.1, -0.05) is 63.2 Å². The van der Waals surface area contributed by atoms with E-state index in [-0.39, 0.29) is 24.2 Å². The summed E-state index contributed by atoms with van der Waals surface area (Å²) in [5.74, 6) is 0.611. The van der Waals surface area contributed by atoms with Gasteiger partial charge in [0.25, 0.3) is 0 Å². The molecule has 1 unspecified atom stereocenters. The summed E-state index contributed by atoms with van der Waals surface area (Å²) in [4.78, 5) is 26.2. The standard InChI is InChI=1S/C28H41N3O3/c1-21(2)17-18-31(20-28(4,5)30-26(32)16-15-22(3)27(29)33)24-13-9-10-14-25(24)34-19-23-11-7-6-8-12-23/h6-14,21-22H,15-20H2,1-5H3,(H2,29,33)(H,30,32). The van der Waals surface area contributed by atoms with Crippen molar-refractivity contribution in [1.82, 2.24) is 5.32 Å². The zero-order chi connectivity index (χ0) is 25.1. The van der Waals surface area contributed by atoms with Crippen LogP contribution in [-0.2, 0) is 16.2 Å². The minimum atomic E-state index is -0.476. The van der Waals surface area contributed by atoms with Gasteiger partial charge in [-0.15, -0.1) is 0 Å². The molecule has 2 aromatic rings. The first kappa shape index (κ1) is 27.2. The molecule has 3 N–H and O–H groups in total. The van der Waals surface area contributed by atoms with Crippen LogP contribution in [0.3, 0.4) is 0 Å². The van der Waals surface area contributed by atoms with Crippen molar-refractivity contribution in [1.29, 1.82) is 0 Å². The van der Waals surface area contributed by atoms with E-state index in [0.29, 0.717) is 25.5 Å². The van der Waals surface area contributed by atoms with Crippen molar-refractivity contribution in [2.24, 2.45) is 17.6 Å². The van der Waals surface area contributed by atoms with Gasteiger partial charge in [0.05, 0.1) is 11.2 Å². The normalized spacial score (nSPS) is 12.3. The number of carbonyl (C=O) groups excluding carboxylic acids is 2. The summed E-state index contributed by atoms with van der Waals surface area (Å²) in [5, 5.41) is 3.14. The fourth-order valence-corrected chi connectivity index (χ4v) is 3.72.